The van der Waals surface area contributed by atoms with E-state index in [-0.39, 0.29) is 0 Å². The molecule has 0 aliphatic carbocycles. The van der Waals surface area contributed by atoms with Gasteiger partial charge in [-0.05, 0) is 57.5 Å². The summed E-state index contributed by atoms with van der Waals surface area (Å²) >= 11 is 0. The molecule has 1 fully saturated rings. The highest BCUT2D eigenvalue weighted by Crippen LogP contribution is 2.30. The van der Waals surface area contributed by atoms with Crippen LogP contribution in [0.5, 0.6) is 5.75 Å². The molecule has 5 nitrogen and oxygen atoms in total. The van der Waals surface area contributed by atoms with E-state index in [1.807, 2.05) is 12.3 Å². The van der Waals surface area contributed by atoms with E-state index < -0.39 is 0 Å². The van der Waals surface area contributed by atoms with Crippen LogP contribution >= 0.6 is 0 Å². The van der Waals surface area contributed by atoms with E-state index in [0.717, 1.165) is 24.5 Å². The van der Waals surface area contributed by atoms with Gasteiger partial charge in [0.15, 0.2) is 0 Å². The first-order chi connectivity index (χ1) is 12.5. The first-order valence-corrected chi connectivity index (χ1v) is 9.59. The molecule has 3 rings (SSSR count). The van der Waals surface area contributed by atoms with Crippen molar-refractivity contribution in [3.8, 4) is 17.1 Å². The summed E-state index contributed by atoms with van der Waals surface area (Å²) in [5.74, 6) is 1.99. The van der Waals surface area contributed by atoms with Crippen molar-refractivity contribution in [2.75, 3.05) is 40.3 Å². The molecule has 0 radical (unpaired) electrons. The summed E-state index contributed by atoms with van der Waals surface area (Å²) in [5, 5.41) is 0. The first-order valence-electron chi connectivity index (χ1n) is 9.59. The molecule has 2 heterocycles. The molecule has 1 saturated heterocycles. The third-order valence-corrected chi connectivity index (χ3v) is 5.86. The van der Waals surface area contributed by atoms with Crippen LogP contribution < -0.4 is 4.74 Å². The molecule has 0 saturated carbocycles. The number of imidazole rings is 1. The van der Waals surface area contributed by atoms with Crippen LogP contribution in [0.2, 0.25) is 0 Å². The van der Waals surface area contributed by atoms with Crippen molar-refractivity contribution < 1.29 is 4.74 Å². The second-order valence-electron chi connectivity index (χ2n) is 7.49. The largest absolute Gasteiger partial charge is 0.496 e. The number of rotatable bonds is 6. The maximum Gasteiger partial charge on any atom is 0.140 e. The molecule has 0 amide bonds. The van der Waals surface area contributed by atoms with Gasteiger partial charge in [-0.15, -0.1) is 0 Å². The fourth-order valence-corrected chi connectivity index (χ4v) is 3.76. The van der Waals surface area contributed by atoms with E-state index >= 15 is 0 Å². The SMILES string of the molecule is COc1ccc(-c2nccn2CC[C@H](C)N2CCN(C)CC2)c(C)c1C. The van der Waals surface area contributed by atoms with E-state index in [1.165, 1.54) is 42.9 Å². The third kappa shape index (κ3) is 3.94. The van der Waals surface area contributed by atoms with E-state index in [1.54, 1.807) is 7.11 Å². The molecule has 0 N–H and O–H groups in total. The normalized spacial score (nSPS) is 17.4. The minimum absolute atomic E-state index is 0.595. The average Bonchev–Trinajstić information content (AvgIpc) is 3.11. The number of nitrogens with zero attached hydrogens (tertiary/aromatic N) is 4. The Balaban J connectivity index is 1.70. The molecular weight excluding hydrogens is 324 g/mol. The van der Waals surface area contributed by atoms with Gasteiger partial charge in [0.1, 0.15) is 11.6 Å². The van der Waals surface area contributed by atoms with Crippen LogP contribution in [0.4, 0.5) is 0 Å². The molecule has 1 aromatic carbocycles. The minimum Gasteiger partial charge on any atom is -0.496 e. The summed E-state index contributed by atoms with van der Waals surface area (Å²) in [5.41, 5.74) is 3.62. The molecule has 26 heavy (non-hydrogen) atoms. The Kier molecular flexibility index (Phi) is 5.99. The lowest BCUT2D eigenvalue weighted by molar-refractivity contribution is 0.112. The highest BCUT2D eigenvalue weighted by molar-refractivity contribution is 5.64. The van der Waals surface area contributed by atoms with E-state index in [0.29, 0.717) is 6.04 Å². The van der Waals surface area contributed by atoms with Gasteiger partial charge in [0, 0.05) is 56.7 Å². The highest BCUT2D eigenvalue weighted by Gasteiger charge is 2.19. The number of methoxy groups -OCH3 is 1. The zero-order valence-electron chi connectivity index (χ0n) is 16.8. The summed E-state index contributed by atoms with van der Waals surface area (Å²) in [6.45, 7) is 12.3. The van der Waals surface area contributed by atoms with Gasteiger partial charge in [-0.3, -0.25) is 4.90 Å². The summed E-state index contributed by atoms with van der Waals surface area (Å²) in [6.07, 6.45) is 5.15. The predicted octanol–water partition coefficient (Wildman–Crippen LogP) is 3.20. The van der Waals surface area contributed by atoms with Crippen molar-refractivity contribution in [2.24, 2.45) is 0 Å². The Morgan fingerprint density at radius 2 is 1.85 bits per heavy atom. The molecule has 142 valence electrons. The van der Waals surface area contributed by atoms with E-state index in [4.69, 9.17) is 4.74 Å². The maximum absolute atomic E-state index is 5.45. The average molecular weight is 357 g/mol. The zero-order chi connectivity index (χ0) is 18.7. The van der Waals surface area contributed by atoms with Gasteiger partial charge in [0.05, 0.1) is 7.11 Å². The number of ether oxygens (including phenoxy) is 1. The Bertz CT molecular complexity index is 732. The summed E-state index contributed by atoms with van der Waals surface area (Å²) in [6, 6.07) is 4.77. The van der Waals surface area contributed by atoms with Crippen LogP contribution in [-0.4, -0.2) is 65.7 Å². The topological polar surface area (TPSA) is 33.5 Å². The maximum atomic E-state index is 5.45. The minimum atomic E-state index is 0.595. The molecular formula is C21H32N4O. The highest BCUT2D eigenvalue weighted by atomic mass is 16.5. The number of benzene rings is 1. The number of likely N-dealkylation sites (N-methyl/N-ethyl adjacent to an activating group) is 1. The van der Waals surface area contributed by atoms with Crippen LogP contribution in [0.25, 0.3) is 11.4 Å². The van der Waals surface area contributed by atoms with Gasteiger partial charge in [-0.25, -0.2) is 4.98 Å². The molecule has 0 spiro atoms. The third-order valence-electron chi connectivity index (χ3n) is 5.86. The Labute approximate surface area is 157 Å². The van der Waals surface area contributed by atoms with Crippen molar-refractivity contribution in [3.05, 3.63) is 35.7 Å². The first kappa shape index (κ1) is 18.9. The van der Waals surface area contributed by atoms with Crippen molar-refractivity contribution in [1.29, 1.82) is 0 Å². The fraction of sp³-hybridized carbons (Fsp3) is 0.571. The van der Waals surface area contributed by atoms with Crippen LogP contribution in [-0.2, 0) is 6.54 Å². The van der Waals surface area contributed by atoms with Crippen LogP contribution in [0.1, 0.15) is 24.5 Å². The van der Waals surface area contributed by atoms with Gasteiger partial charge in [-0.2, -0.15) is 0 Å². The molecule has 0 bridgehead atoms. The van der Waals surface area contributed by atoms with Crippen molar-refractivity contribution in [1.82, 2.24) is 19.4 Å². The number of aromatic nitrogens is 2. The monoisotopic (exact) mass is 356 g/mol. The van der Waals surface area contributed by atoms with Crippen molar-refractivity contribution in [2.45, 2.75) is 39.8 Å². The van der Waals surface area contributed by atoms with Gasteiger partial charge in [0.25, 0.3) is 0 Å². The number of aryl methyl sites for hydroxylation is 1. The van der Waals surface area contributed by atoms with Gasteiger partial charge in [0.2, 0.25) is 0 Å². The molecule has 1 aromatic heterocycles. The molecule has 2 aromatic rings. The van der Waals surface area contributed by atoms with Crippen molar-refractivity contribution in [3.63, 3.8) is 0 Å². The molecule has 1 atom stereocenters. The molecule has 1 aliphatic heterocycles. The molecule has 0 unspecified atom stereocenters. The Morgan fingerprint density at radius 1 is 1.12 bits per heavy atom. The lowest BCUT2D eigenvalue weighted by atomic mass is 10.0. The quantitative estimate of drug-likeness (QED) is 0.796. The van der Waals surface area contributed by atoms with Crippen LogP contribution in [0.3, 0.4) is 0 Å². The van der Waals surface area contributed by atoms with Crippen molar-refractivity contribution >= 4 is 0 Å². The second kappa shape index (κ2) is 8.23. The fourth-order valence-electron chi connectivity index (χ4n) is 3.76. The summed E-state index contributed by atoms with van der Waals surface area (Å²) in [7, 11) is 3.93. The summed E-state index contributed by atoms with van der Waals surface area (Å²) in [4.78, 5) is 9.67. The lowest BCUT2D eigenvalue weighted by Crippen LogP contribution is -2.48. The standard InChI is InChI=1S/C21H32N4O/c1-16(24-14-12-23(4)13-15-24)8-10-25-11-9-22-21(25)19-6-7-20(26-5)18(3)17(19)2/h6-7,9,11,16H,8,10,12-15H2,1-5H3/t16-/m0/s1. The van der Waals surface area contributed by atoms with Crippen LogP contribution in [0.15, 0.2) is 24.5 Å². The van der Waals surface area contributed by atoms with Gasteiger partial charge in [-0.1, -0.05) is 0 Å². The lowest BCUT2D eigenvalue weighted by Gasteiger charge is -2.36. The Hall–Kier alpha value is -1.85. The van der Waals surface area contributed by atoms with E-state index in [2.05, 4.69) is 59.4 Å². The second-order valence-corrected chi connectivity index (χ2v) is 7.49. The predicted molar refractivity (Wildman–Crippen MR) is 107 cm³/mol. The molecule has 5 heteroatoms. The zero-order valence-corrected chi connectivity index (χ0v) is 16.8. The number of hydrogen-bond acceptors (Lipinski definition) is 4. The number of hydrogen-bond donors (Lipinski definition) is 0. The van der Waals surface area contributed by atoms with Crippen LogP contribution in [0, 0.1) is 13.8 Å². The van der Waals surface area contributed by atoms with Gasteiger partial charge >= 0.3 is 0 Å². The van der Waals surface area contributed by atoms with Gasteiger partial charge < -0.3 is 14.2 Å². The van der Waals surface area contributed by atoms with E-state index in [9.17, 15) is 0 Å². The number of piperazine rings is 1. The summed E-state index contributed by atoms with van der Waals surface area (Å²) < 4.78 is 7.74. The smallest absolute Gasteiger partial charge is 0.140 e. The molecule has 1 aliphatic rings. The Morgan fingerprint density at radius 3 is 2.54 bits per heavy atom.